The lowest BCUT2D eigenvalue weighted by atomic mass is 10.1. The second-order valence-corrected chi connectivity index (χ2v) is 7.94. The minimum absolute atomic E-state index is 0.0884. The highest BCUT2D eigenvalue weighted by Gasteiger charge is 2.12. The average molecular weight is 367 g/mol. The first kappa shape index (κ1) is 16.6. The maximum atomic E-state index is 11.4. The smallest absolute Gasteiger partial charge is 0.238 e. The number of hydrogen-bond donors (Lipinski definition) is 1. The van der Waals surface area contributed by atoms with Gasteiger partial charge in [-0.25, -0.2) is 18.2 Å². The van der Waals surface area contributed by atoms with Crippen molar-refractivity contribution in [2.45, 2.75) is 25.3 Å². The van der Waals surface area contributed by atoms with Gasteiger partial charge in [0.1, 0.15) is 11.0 Å². The normalized spacial score (nSPS) is 12.1. The zero-order valence-corrected chi connectivity index (χ0v) is 15.2. The highest BCUT2D eigenvalue weighted by Crippen LogP contribution is 2.25. The van der Waals surface area contributed by atoms with Crippen molar-refractivity contribution in [3.8, 4) is 0 Å². The SMILES string of the molecule is Cc1cc2ncc3nnn(Cc4ccc(S(N)(=O)=O)cc4)c3c2cc1C. The van der Waals surface area contributed by atoms with Gasteiger partial charge in [-0.3, -0.25) is 4.98 Å². The fourth-order valence-electron chi connectivity index (χ4n) is 2.99. The number of sulfonamides is 1. The van der Waals surface area contributed by atoms with Gasteiger partial charge in [-0.15, -0.1) is 5.10 Å². The fraction of sp³-hybridized carbons (Fsp3) is 0.167. The van der Waals surface area contributed by atoms with E-state index >= 15 is 0 Å². The third-order valence-electron chi connectivity index (χ3n) is 4.54. The van der Waals surface area contributed by atoms with E-state index in [0.29, 0.717) is 6.54 Å². The van der Waals surface area contributed by atoms with E-state index in [9.17, 15) is 8.42 Å². The van der Waals surface area contributed by atoms with Crippen LogP contribution in [-0.4, -0.2) is 28.4 Å². The lowest BCUT2D eigenvalue weighted by molar-refractivity contribution is 0.597. The van der Waals surface area contributed by atoms with E-state index in [-0.39, 0.29) is 4.90 Å². The molecule has 0 atom stereocenters. The van der Waals surface area contributed by atoms with Gasteiger partial charge in [-0.2, -0.15) is 0 Å². The standard InChI is InChI=1S/C18H17N5O2S/c1-11-7-15-16(8-12(11)2)20-9-17-18(15)23(22-21-17)10-13-3-5-14(6-4-13)26(19,24)25/h3-9H,10H2,1-2H3,(H2,19,24,25). The molecule has 0 aliphatic rings. The Balaban J connectivity index is 1.82. The van der Waals surface area contributed by atoms with Gasteiger partial charge < -0.3 is 0 Å². The summed E-state index contributed by atoms with van der Waals surface area (Å²) in [5, 5.41) is 14.6. The van der Waals surface area contributed by atoms with E-state index in [2.05, 4.69) is 41.3 Å². The Morgan fingerprint density at radius 3 is 2.42 bits per heavy atom. The molecule has 0 saturated heterocycles. The van der Waals surface area contributed by atoms with Crippen molar-refractivity contribution in [2.24, 2.45) is 5.14 Å². The summed E-state index contributed by atoms with van der Waals surface area (Å²) in [5.41, 5.74) is 5.79. The van der Waals surface area contributed by atoms with Crippen LogP contribution in [-0.2, 0) is 16.6 Å². The number of aryl methyl sites for hydroxylation is 2. The number of pyridine rings is 1. The Bertz CT molecular complexity index is 1240. The summed E-state index contributed by atoms with van der Waals surface area (Å²) in [6.07, 6.45) is 1.72. The summed E-state index contributed by atoms with van der Waals surface area (Å²) >= 11 is 0. The number of aromatic nitrogens is 4. The molecule has 2 N–H and O–H groups in total. The summed E-state index contributed by atoms with van der Waals surface area (Å²) in [4.78, 5) is 4.56. The molecule has 132 valence electrons. The summed E-state index contributed by atoms with van der Waals surface area (Å²) in [6.45, 7) is 4.59. The third-order valence-corrected chi connectivity index (χ3v) is 5.47. The van der Waals surface area contributed by atoms with Crippen LogP contribution in [0.3, 0.4) is 0 Å². The Morgan fingerprint density at radius 1 is 1.04 bits per heavy atom. The number of rotatable bonds is 3. The van der Waals surface area contributed by atoms with Gasteiger partial charge in [-0.05, 0) is 54.8 Å². The van der Waals surface area contributed by atoms with Crippen LogP contribution in [0.5, 0.6) is 0 Å². The van der Waals surface area contributed by atoms with Gasteiger partial charge in [0, 0.05) is 5.39 Å². The lowest BCUT2D eigenvalue weighted by Crippen LogP contribution is -2.12. The fourth-order valence-corrected chi connectivity index (χ4v) is 3.50. The first-order chi connectivity index (χ1) is 12.3. The van der Waals surface area contributed by atoms with Crippen molar-refractivity contribution >= 4 is 32.0 Å². The summed E-state index contributed by atoms with van der Waals surface area (Å²) in [7, 11) is -3.70. The largest absolute Gasteiger partial charge is 0.254 e. The van der Waals surface area contributed by atoms with Crippen LogP contribution in [0.15, 0.2) is 47.5 Å². The highest BCUT2D eigenvalue weighted by molar-refractivity contribution is 7.89. The average Bonchev–Trinajstić information content (AvgIpc) is 2.99. The lowest BCUT2D eigenvalue weighted by Gasteiger charge is -2.08. The first-order valence-corrected chi connectivity index (χ1v) is 9.58. The molecule has 2 heterocycles. The van der Waals surface area contributed by atoms with Gasteiger partial charge in [0.05, 0.1) is 23.2 Å². The van der Waals surface area contributed by atoms with Crippen LogP contribution in [0, 0.1) is 13.8 Å². The van der Waals surface area contributed by atoms with Gasteiger partial charge in [0.15, 0.2) is 0 Å². The van der Waals surface area contributed by atoms with Crippen molar-refractivity contribution in [1.29, 1.82) is 0 Å². The van der Waals surface area contributed by atoms with E-state index < -0.39 is 10.0 Å². The molecule has 0 saturated carbocycles. The van der Waals surface area contributed by atoms with Crippen LogP contribution >= 0.6 is 0 Å². The number of fused-ring (bicyclic) bond motifs is 3. The van der Waals surface area contributed by atoms with Crippen molar-refractivity contribution in [2.75, 3.05) is 0 Å². The molecule has 0 unspecified atom stereocenters. The quantitative estimate of drug-likeness (QED) is 0.598. The minimum atomic E-state index is -3.70. The molecule has 0 radical (unpaired) electrons. The summed E-state index contributed by atoms with van der Waals surface area (Å²) in [5.74, 6) is 0. The van der Waals surface area contributed by atoms with E-state index in [1.165, 1.54) is 23.3 Å². The number of nitrogens with two attached hydrogens (primary N) is 1. The summed E-state index contributed by atoms with van der Waals surface area (Å²) in [6, 6.07) is 10.6. The van der Waals surface area contributed by atoms with Crippen molar-refractivity contribution in [3.63, 3.8) is 0 Å². The Hall–Kier alpha value is -2.84. The van der Waals surface area contributed by atoms with E-state index in [1.807, 2.05) is 0 Å². The van der Waals surface area contributed by atoms with E-state index in [1.54, 1.807) is 23.0 Å². The van der Waals surface area contributed by atoms with E-state index in [4.69, 9.17) is 5.14 Å². The van der Waals surface area contributed by atoms with Crippen molar-refractivity contribution < 1.29 is 8.42 Å². The molecule has 4 rings (SSSR count). The Morgan fingerprint density at radius 2 is 1.73 bits per heavy atom. The van der Waals surface area contributed by atoms with E-state index in [0.717, 1.165) is 27.5 Å². The van der Waals surface area contributed by atoms with Crippen LogP contribution in [0.4, 0.5) is 0 Å². The third kappa shape index (κ3) is 2.83. The molecule has 0 spiro atoms. The molecule has 0 bridgehead atoms. The van der Waals surface area contributed by atoms with Crippen LogP contribution in [0.25, 0.3) is 21.9 Å². The molecule has 2 aromatic carbocycles. The first-order valence-electron chi connectivity index (χ1n) is 8.04. The van der Waals surface area contributed by atoms with Crippen LogP contribution < -0.4 is 5.14 Å². The van der Waals surface area contributed by atoms with Crippen molar-refractivity contribution in [3.05, 3.63) is 59.3 Å². The molecule has 26 heavy (non-hydrogen) atoms. The molecule has 4 aromatic rings. The molecule has 0 fully saturated rings. The zero-order valence-electron chi connectivity index (χ0n) is 14.3. The monoisotopic (exact) mass is 367 g/mol. The topological polar surface area (TPSA) is 104 Å². The molecule has 7 nitrogen and oxygen atoms in total. The Kier molecular flexibility index (Phi) is 3.74. The van der Waals surface area contributed by atoms with Gasteiger partial charge in [0.2, 0.25) is 10.0 Å². The number of benzene rings is 2. The second kappa shape index (κ2) is 5.86. The number of nitrogens with zero attached hydrogens (tertiary/aromatic N) is 4. The van der Waals surface area contributed by atoms with Gasteiger partial charge >= 0.3 is 0 Å². The Labute approximate surface area is 150 Å². The molecule has 0 amide bonds. The maximum Gasteiger partial charge on any atom is 0.238 e. The molecular formula is C18H17N5O2S. The van der Waals surface area contributed by atoms with Gasteiger partial charge in [-0.1, -0.05) is 17.3 Å². The van der Waals surface area contributed by atoms with Crippen LogP contribution in [0.2, 0.25) is 0 Å². The minimum Gasteiger partial charge on any atom is -0.254 e. The molecular weight excluding hydrogens is 350 g/mol. The second-order valence-electron chi connectivity index (χ2n) is 6.38. The number of primary sulfonamides is 1. The predicted molar refractivity (Wildman–Crippen MR) is 99.2 cm³/mol. The predicted octanol–water partition coefficient (Wildman–Crippen LogP) is 2.29. The molecule has 0 aliphatic heterocycles. The highest BCUT2D eigenvalue weighted by atomic mass is 32.2. The molecule has 8 heteroatoms. The summed E-state index contributed by atoms with van der Waals surface area (Å²) < 4.78 is 24.6. The molecule has 2 aromatic heterocycles. The maximum absolute atomic E-state index is 11.4. The molecule has 0 aliphatic carbocycles. The van der Waals surface area contributed by atoms with Crippen LogP contribution in [0.1, 0.15) is 16.7 Å². The zero-order chi connectivity index (χ0) is 18.5. The number of hydrogen-bond acceptors (Lipinski definition) is 5. The van der Waals surface area contributed by atoms with Gasteiger partial charge in [0.25, 0.3) is 0 Å². The van der Waals surface area contributed by atoms with Crippen molar-refractivity contribution in [1.82, 2.24) is 20.0 Å².